The first kappa shape index (κ1) is 18.1. The summed E-state index contributed by atoms with van der Waals surface area (Å²) < 4.78 is 13.4. The fraction of sp³-hybridized carbons (Fsp3) is 0.368. The second kappa shape index (κ2) is 7.70. The molecule has 0 aliphatic carbocycles. The average Bonchev–Trinajstić information content (AvgIpc) is 2.61. The molecule has 3 rings (SSSR count). The van der Waals surface area contributed by atoms with Crippen molar-refractivity contribution in [3.63, 3.8) is 0 Å². The normalized spacial score (nSPS) is 17.2. The summed E-state index contributed by atoms with van der Waals surface area (Å²) in [5.74, 6) is -0.255. The summed E-state index contributed by atoms with van der Waals surface area (Å²) in [5.41, 5.74) is 2.90. The number of piperidine rings is 1. The van der Waals surface area contributed by atoms with Crippen molar-refractivity contribution in [3.8, 4) is 0 Å². The molecule has 138 valence electrons. The Morgan fingerprint density at radius 2 is 2.15 bits per heavy atom. The highest BCUT2D eigenvalue weighted by molar-refractivity contribution is 5.64. The number of hydrogen-bond donors (Lipinski definition) is 2. The van der Waals surface area contributed by atoms with Crippen LogP contribution in [0.25, 0.3) is 0 Å². The van der Waals surface area contributed by atoms with Crippen molar-refractivity contribution in [1.82, 2.24) is 0 Å². The largest absolute Gasteiger partial charge is 0.392 e. The molecule has 2 aromatic carbocycles. The van der Waals surface area contributed by atoms with Crippen molar-refractivity contribution in [2.24, 2.45) is 0 Å². The average molecular weight is 359 g/mol. The number of nitro groups is 1. The van der Waals surface area contributed by atoms with Gasteiger partial charge in [-0.15, -0.1) is 0 Å². The van der Waals surface area contributed by atoms with Crippen molar-refractivity contribution in [2.75, 3.05) is 23.3 Å². The molecule has 7 heteroatoms. The zero-order valence-corrected chi connectivity index (χ0v) is 14.6. The number of nitro benzene ring substituents is 1. The van der Waals surface area contributed by atoms with Crippen LogP contribution in [0.5, 0.6) is 0 Å². The van der Waals surface area contributed by atoms with Gasteiger partial charge in [0.15, 0.2) is 0 Å². The van der Waals surface area contributed by atoms with Crippen LogP contribution in [0.1, 0.15) is 24.0 Å². The monoisotopic (exact) mass is 359 g/mol. The van der Waals surface area contributed by atoms with Crippen LogP contribution >= 0.6 is 0 Å². The Balaban J connectivity index is 1.79. The number of benzene rings is 2. The predicted octanol–water partition coefficient (Wildman–Crippen LogP) is 3.62. The molecule has 1 saturated heterocycles. The van der Waals surface area contributed by atoms with Gasteiger partial charge in [-0.05, 0) is 61.2 Å². The van der Waals surface area contributed by atoms with Gasteiger partial charge in [0, 0.05) is 30.9 Å². The van der Waals surface area contributed by atoms with E-state index in [2.05, 4.69) is 10.2 Å². The SMILES string of the molecule is Cc1cc(F)ccc1N1CCCC(Nc2cc(CO)ccc2[N+](=O)[O-])C1. The molecule has 0 bridgehead atoms. The summed E-state index contributed by atoms with van der Waals surface area (Å²) in [5, 5.41) is 23.9. The minimum Gasteiger partial charge on any atom is -0.392 e. The van der Waals surface area contributed by atoms with Crippen LogP contribution < -0.4 is 10.2 Å². The predicted molar refractivity (Wildman–Crippen MR) is 99.0 cm³/mol. The van der Waals surface area contributed by atoms with E-state index in [1.54, 1.807) is 18.2 Å². The summed E-state index contributed by atoms with van der Waals surface area (Å²) in [7, 11) is 0. The Labute approximate surface area is 151 Å². The van der Waals surface area contributed by atoms with E-state index >= 15 is 0 Å². The van der Waals surface area contributed by atoms with E-state index in [1.165, 1.54) is 18.2 Å². The third-order valence-corrected chi connectivity index (χ3v) is 4.72. The van der Waals surface area contributed by atoms with Gasteiger partial charge in [0.2, 0.25) is 0 Å². The second-order valence-electron chi connectivity index (χ2n) is 6.63. The molecule has 1 aliphatic rings. The molecule has 1 atom stereocenters. The molecule has 1 unspecified atom stereocenters. The van der Waals surface area contributed by atoms with Crippen LogP contribution in [0.4, 0.5) is 21.5 Å². The van der Waals surface area contributed by atoms with E-state index in [1.807, 2.05) is 6.92 Å². The molecule has 1 fully saturated rings. The van der Waals surface area contributed by atoms with Crippen LogP contribution in [0.3, 0.4) is 0 Å². The summed E-state index contributed by atoms with van der Waals surface area (Å²) in [4.78, 5) is 13.0. The lowest BCUT2D eigenvalue weighted by Crippen LogP contribution is -2.42. The van der Waals surface area contributed by atoms with E-state index in [9.17, 15) is 19.6 Å². The van der Waals surface area contributed by atoms with Gasteiger partial charge in [-0.3, -0.25) is 10.1 Å². The van der Waals surface area contributed by atoms with E-state index in [-0.39, 0.29) is 24.2 Å². The number of halogens is 1. The Morgan fingerprint density at radius 1 is 1.35 bits per heavy atom. The minimum atomic E-state index is -0.422. The Kier molecular flexibility index (Phi) is 5.37. The molecule has 26 heavy (non-hydrogen) atoms. The second-order valence-corrected chi connectivity index (χ2v) is 6.63. The summed E-state index contributed by atoms with van der Waals surface area (Å²) in [6.07, 6.45) is 1.82. The first-order valence-electron chi connectivity index (χ1n) is 8.63. The zero-order valence-electron chi connectivity index (χ0n) is 14.6. The van der Waals surface area contributed by atoms with Gasteiger partial charge in [-0.1, -0.05) is 0 Å². The highest BCUT2D eigenvalue weighted by Gasteiger charge is 2.24. The Bertz CT molecular complexity index is 813. The number of aliphatic hydroxyl groups is 1. The van der Waals surface area contributed by atoms with Gasteiger partial charge in [0.05, 0.1) is 11.5 Å². The van der Waals surface area contributed by atoms with Crippen molar-refractivity contribution in [2.45, 2.75) is 32.4 Å². The van der Waals surface area contributed by atoms with Gasteiger partial charge < -0.3 is 15.3 Å². The lowest BCUT2D eigenvalue weighted by molar-refractivity contribution is -0.384. The van der Waals surface area contributed by atoms with Crippen molar-refractivity contribution in [1.29, 1.82) is 0 Å². The molecular weight excluding hydrogens is 337 g/mol. The van der Waals surface area contributed by atoms with Gasteiger partial charge >= 0.3 is 0 Å². The van der Waals surface area contributed by atoms with Crippen LogP contribution in [0.2, 0.25) is 0 Å². The number of aryl methyl sites for hydroxylation is 1. The third kappa shape index (κ3) is 3.94. The van der Waals surface area contributed by atoms with Crippen molar-refractivity contribution in [3.05, 3.63) is 63.5 Å². The first-order valence-corrected chi connectivity index (χ1v) is 8.63. The van der Waals surface area contributed by atoms with Crippen molar-refractivity contribution < 1.29 is 14.4 Å². The van der Waals surface area contributed by atoms with Crippen LogP contribution in [0.15, 0.2) is 36.4 Å². The standard InChI is InChI=1S/C19H22FN3O3/c1-13-9-15(20)5-7-18(13)22-8-2-3-16(11-22)21-17-10-14(12-24)4-6-19(17)23(25)26/h4-7,9-10,16,21,24H,2-3,8,11-12H2,1H3. The van der Waals surface area contributed by atoms with E-state index in [4.69, 9.17) is 0 Å². The quantitative estimate of drug-likeness (QED) is 0.630. The van der Waals surface area contributed by atoms with E-state index in [0.717, 1.165) is 30.6 Å². The zero-order chi connectivity index (χ0) is 18.7. The maximum atomic E-state index is 13.4. The molecule has 0 radical (unpaired) electrons. The molecular formula is C19H22FN3O3. The third-order valence-electron chi connectivity index (χ3n) is 4.72. The lowest BCUT2D eigenvalue weighted by atomic mass is 10.0. The number of aliphatic hydroxyl groups excluding tert-OH is 1. The molecule has 0 amide bonds. The highest BCUT2D eigenvalue weighted by atomic mass is 19.1. The van der Waals surface area contributed by atoms with Gasteiger partial charge in [-0.2, -0.15) is 0 Å². The lowest BCUT2D eigenvalue weighted by Gasteiger charge is -2.36. The topological polar surface area (TPSA) is 78.6 Å². The van der Waals surface area contributed by atoms with Crippen LogP contribution in [-0.4, -0.2) is 29.2 Å². The Hall–Kier alpha value is -2.67. The van der Waals surface area contributed by atoms with Crippen LogP contribution in [-0.2, 0) is 6.61 Å². The Morgan fingerprint density at radius 3 is 2.85 bits per heavy atom. The number of nitrogens with one attached hydrogen (secondary N) is 1. The summed E-state index contributed by atoms with van der Waals surface area (Å²) in [6, 6.07) is 9.37. The summed E-state index contributed by atoms with van der Waals surface area (Å²) in [6.45, 7) is 3.25. The van der Waals surface area contributed by atoms with E-state index in [0.29, 0.717) is 17.8 Å². The molecule has 1 heterocycles. The molecule has 1 aliphatic heterocycles. The van der Waals surface area contributed by atoms with Gasteiger partial charge in [-0.25, -0.2) is 4.39 Å². The molecule has 0 aromatic heterocycles. The minimum absolute atomic E-state index is 0.00251. The van der Waals surface area contributed by atoms with Gasteiger partial charge in [0.1, 0.15) is 11.5 Å². The van der Waals surface area contributed by atoms with Crippen molar-refractivity contribution >= 4 is 17.1 Å². The molecule has 0 spiro atoms. The molecule has 6 nitrogen and oxygen atoms in total. The summed E-state index contributed by atoms with van der Waals surface area (Å²) >= 11 is 0. The maximum absolute atomic E-state index is 13.4. The smallest absolute Gasteiger partial charge is 0.292 e. The number of anilines is 2. The number of hydrogen-bond acceptors (Lipinski definition) is 5. The first-order chi connectivity index (χ1) is 12.5. The number of rotatable bonds is 5. The fourth-order valence-corrected chi connectivity index (χ4v) is 3.46. The molecule has 2 aromatic rings. The number of nitrogens with zero attached hydrogens (tertiary/aromatic N) is 2. The fourth-order valence-electron chi connectivity index (χ4n) is 3.46. The highest BCUT2D eigenvalue weighted by Crippen LogP contribution is 2.29. The molecule has 0 saturated carbocycles. The maximum Gasteiger partial charge on any atom is 0.292 e. The molecule has 2 N–H and O–H groups in total. The van der Waals surface area contributed by atoms with E-state index < -0.39 is 4.92 Å². The van der Waals surface area contributed by atoms with Crippen LogP contribution in [0, 0.1) is 22.9 Å². The van der Waals surface area contributed by atoms with Gasteiger partial charge in [0.25, 0.3) is 5.69 Å².